The van der Waals surface area contributed by atoms with E-state index in [4.69, 9.17) is 14.9 Å². The fourth-order valence-corrected chi connectivity index (χ4v) is 1.28. The normalized spacial score (nSPS) is 12.6. The molecule has 1 aromatic heterocycles. The molecule has 3 N–H and O–H groups in total. The zero-order chi connectivity index (χ0) is 13.5. The summed E-state index contributed by atoms with van der Waals surface area (Å²) in [4.78, 5) is 23.9. The molecule has 8 nitrogen and oxygen atoms in total. The molecule has 1 unspecified atom stereocenters. The lowest BCUT2D eigenvalue weighted by atomic mass is 10.3. The van der Waals surface area contributed by atoms with Gasteiger partial charge in [-0.3, -0.25) is 14.3 Å². The maximum absolute atomic E-state index is 13.0. The molecular formula is C9H13FN2O6. The van der Waals surface area contributed by atoms with E-state index in [0.717, 1.165) is 10.8 Å². The molecule has 0 aliphatic rings. The van der Waals surface area contributed by atoms with Crippen molar-refractivity contribution in [1.29, 1.82) is 0 Å². The third-order valence-electron chi connectivity index (χ3n) is 2.07. The first-order valence-corrected chi connectivity index (χ1v) is 4.98. The van der Waals surface area contributed by atoms with Crippen molar-refractivity contribution in [2.24, 2.45) is 0 Å². The van der Waals surface area contributed by atoms with Crippen molar-refractivity contribution in [3.8, 4) is 0 Å². The smallest absolute Gasteiger partial charge is 0.328 e. The molecular weight excluding hydrogens is 251 g/mol. The summed E-state index contributed by atoms with van der Waals surface area (Å²) >= 11 is 0. The molecule has 1 aromatic rings. The summed E-state index contributed by atoms with van der Waals surface area (Å²) in [5.74, 6) is -1.11. The molecule has 102 valence electrons. The maximum atomic E-state index is 13.0. The first-order valence-electron chi connectivity index (χ1n) is 4.98. The minimum absolute atomic E-state index is 0.107. The molecule has 1 rings (SSSR count). The van der Waals surface area contributed by atoms with E-state index in [9.17, 15) is 14.0 Å². The highest BCUT2D eigenvalue weighted by molar-refractivity contribution is 4.87. The van der Waals surface area contributed by atoms with Gasteiger partial charge in [-0.25, -0.2) is 4.79 Å². The summed E-state index contributed by atoms with van der Waals surface area (Å²) in [5, 5.41) is 17.1. The van der Waals surface area contributed by atoms with Crippen molar-refractivity contribution < 1.29 is 24.1 Å². The molecule has 1 heterocycles. The Hall–Kier alpha value is -1.55. The van der Waals surface area contributed by atoms with Crippen molar-refractivity contribution in [3.63, 3.8) is 0 Å². The van der Waals surface area contributed by atoms with Crippen LogP contribution in [0, 0.1) is 5.82 Å². The summed E-state index contributed by atoms with van der Waals surface area (Å²) in [7, 11) is 0. The van der Waals surface area contributed by atoms with Crippen molar-refractivity contribution in [3.05, 3.63) is 32.9 Å². The van der Waals surface area contributed by atoms with E-state index in [1.54, 1.807) is 4.98 Å². The van der Waals surface area contributed by atoms with Crippen LogP contribution in [0.1, 0.15) is 0 Å². The number of rotatable bonds is 7. The Morgan fingerprint density at radius 2 is 2.11 bits per heavy atom. The van der Waals surface area contributed by atoms with Crippen LogP contribution in [0.3, 0.4) is 0 Å². The van der Waals surface area contributed by atoms with Crippen molar-refractivity contribution >= 4 is 0 Å². The Morgan fingerprint density at radius 1 is 1.39 bits per heavy atom. The highest BCUT2D eigenvalue weighted by atomic mass is 19.1. The van der Waals surface area contributed by atoms with E-state index in [1.165, 1.54) is 0 Å². The van der Waals surface area contributed by atoms with Crippen LogP contribution in [0.15, 0.2) is 15.8 Å². The first kappa shape index (κ1) is 14.5. The number of ether oxygens (including phenoxy) is 2. The number of aliphatic hydroxyl groups excluding tert-OH is 2. The van der Waals surface area contributed by atoms with Crippen LogP contribution >= 0.6 is 0 Å². The Bertz CT molecular complexity index is 485. The molecule has 0 fully saturated rings. The van der Waals surface area contributed by atoms with E-state index < -0.39 is 36.8 Å². The van der Waals surface area contributed by atoms with Gasteiger partial charge < -0.3 is 19.7 Å². The van der Waals surface area contributed by atoms with E-state index in [-0.39, 0.29) is 13.2 Å². The lowest BCUT2D eigenvalue weighted by molar-refractivity contribution is -0.108. The Balaban J connectivity index is 2.83. The number of nitrogens with zero attached hydrogens (tertiary/aromatic N) is 1. The summed E-state index contributed by atoms with van der Waals surface area (Å²) in [6.45, 7) is -1.43. The topological polar surface area (TPSA) is 114 Å². The van der Waals surface area contributed by atoms with Crippen molar-refractivity contribution in [1.82, 2.24) is 9.55 Å². The number of hydrogen-bond acceptors (Lipinski definition) is 6. The van der Waals surface area contributed by atoms with Gasteiger partial charge in [-0.1, -0.05) is 0 Å². The fraction of sp³-hybridized carbons (Fsp3) is 0.556. The monoisotopic (exact) mass is 264 g/mol. The number of nitrogens with one attached hydrogen (secondary N) is 1. The largest absolute Gasteiger partial charge is 0.371 e. The average molecular weight is 264 g/mol. The molecule has 0 aliphatic carbocycles. The number of H-pyrrole nitrogens is 1. The third-order valence-corrected chi connectivity index (χ3v) is 2.07. The van der Waals surface area contributed by atoms with E-state index >= 15 is 0 Å². The van der Waals surface area contributed by atoms with Gasteiger partial charge >= 0.3 is 5.69 Å². The second-order valence-electron chi connectivity index (χ2n) is 3.31. The van der Waals surface area contributed by atoms with Crippen LogP contribution in [0.4, 0.5) is 4.39 Å². The van der Waals surface area contributed by atoms with E-state index in [1.807, 2.05) is 0 Å². The molecule has 0 radical (unpaired) electrons. The lowest BCUT2D eigenvalue weighted by Crippen LogP contribution is -2.36. The predicted molar refractivity (Wildman–Crippen MR) is 56.3 cm³/mol. The quantitative estimate of drug-likeness (QED) is 0.490. The van der Waals surface area contributed by atoms with Crippen LogP contribution < -0.4 is 11.2 Å². The molecule has 0 aromatic carbocycles. The molecule has 0 spiro atoms. The van der Waals surface area contributed by atoms with Gasteiger partial charge in [0.1, 0.15) is 19.7 Å². The third kappa shape index (κ3) is 4.04. The summed E-state index contributed by atoms with van der Waals surface area (Å²) < 4.78 is 23.3. The van der Waals surface area contributed by atoms with Crippen LogP contribution in [-0.4, -0.2) is 46.1 Å². The Kier molecular flexibility index (Phi) is 5.65. The van der Waals surface area contributed by atoms with Crippen LogP contribution in [0.5, 0.6) is 0 Å². The second-order valence-corrected chi connectivity index (χ2v) is 3.31. The van der Waals surface area contributed by atoms with Gasteiger partial charge in [-0.15, -0.1) is 0 Å². The standard InChI is InChI=1S/C9H13FN2O6/c10-7-2-12(9(16)11-8(7)15)1-6(18-5-14)3-17-4-13/h2,6,13-14H,1,3-5H2,(H,11,15,16). The summed E-state index contributed by atoms with van der Waals surface area (Å²) in [6.07, 6.45) is -0.0430. The molecule has 1 atom stereocenters. The average Bonchev–Trinajstić information content (AvgIpc) is 2.33. The Labute approximate surface area is 100 Å². The number of halogens is 1. The lowest BCUT2D eigenvalue weighted by Gasteiger charge is -2.16. The number of aromatic nitrogens is 2. The van der Waals surface area contributed by atoms with Gasteiger partial charge in [-0.2, -0.15) is 4.39 Å². The summed E-state index contributed by atoms with van der Waals surface area (Å²) in [5.41, 5.74) is -1.92. The van der Waals surface area contributed by atoms with E-state index in [2.05, 4.69) is 4.74 Å². The molecule has 0 amide bonds. The number of aliphatic hydroxyl groups is 2. The van der Waals surface area contributed by atoms with Crippen molar-refractivity contribution in [2.75, 3.05) is 20.2 Å². The molecule has 0 bridgehead atoms. The van der Waals surface area contributed by atoms with Crippen molar-refractivity contribution in [2.45, 2.75) is 12.6 Å². The molecule has 18 heavy (non-hydrogen) atoms. The van der Waals surface area contributed by atoms with Crippen LogP contribution in [-0.2, 0) is 16.0 Å². The zero-order valence-electron chi connectivity index (χ0n) is 9.34. The number of hydrogen-bond donors (Lipinski definition) is 3. The number of aromatic amines is 1. The van der Waals surface area contributed by atoms with Crippen LogP contribution in [0.2, 0.25) is 0 Å². The SMILES string of the molecule is O=c1[nH]c(=O)n(CC(COCO)OCO)cc1F. The second kappa shape index (κ2) is 7.01. The highest BCUT2D eigenvalue weighted by Gasteiger charge is 2.12. The molecule has 0 saturated heterocycles. The van der Waals surface area contributed by atoms with Gasteiger partial charge in [0, 0.05) is 0 Å². The molecule has 0 saturated carbocycles. The zero-order valence-corrected chi connectivity index (χ0v) is 9.34. The van der Waals surface area contributed by atoms with Gasteiger partial charge in [-0.05, 0) is 0 Å². The minimum atomic E-state index is -1.11. The highest BCUT2D eigenvalue weighted by Crippen LogP contribution is 1.97. The molecule has 0 aliphatic heterocycles. The maximum Gasteiger partial charge on any atom is 0.328 e. The minimum Gasteiger partial charge on any atom is -0.371 e. The summed E-state index contributed by atoms with van der Waals surface area (Å²) in [6, 6.07) is 0. The van der Waals surface area contributed by atoms with Gasteiger partial charge in [0.15, 0.2) is 0 Å². The molecule has 9 heteroatoms. The predicted octanol–water partition coefficient (Wildman–Crippen LogP) is -2.02. The Morgan fingerprint density at radius 3 is 2.72 bits per heavy atom. The van der Waals surface area contributed by atoms with Gasteiger partial charge in [0.05, 0.1) is 19.3 Å². The van der Waals surface area contributed by atoms with E-state index in [0.29, 0.717) is 0 Å². The van der Waals surface area contributed by atoms with Crippen LogP contribution in [0.25, 0.3) is 0 Å². The van der Waals surface area contributed by atoms with Gasteiger partial charge in [0.25, 0.3) is 5.56 Å². The fourth-order valence-electron chi connectivity index (χ4n) is 1.28. The first-order chi connectivity index (χ1) is 8.58. The van der Waals surface area contributed by atoms with Gasteiger partial charge in [0.2, 0.25) is 5.82 Å².